The molecule has 0 amide bonds. The summed E-state index contributed by atoms with van der Waals surface area (Å²) in [6.45, 7) is 3.15. The fourth-order valence-corrected chi connectivity index (χ4v) is 2.08. The third kappa shape index (κ3) is 4.02. The van der Waals surface area contributed by atoms with E-state index in [0.29, 0.717) is 6.04 Å². The molecule has 0 spiro atoms. The minimum Gasteiger partial charge on any atom is -0.496 e. The Bertz CT molecular complexity index is 339. The largest absolute Gasteiger partial charge is 0.496 e. The van der Waals surface area contributed by atoms with Crippen molar-refractivity contribution in [3.05, 3.63) is 29.3 Å². The molecule has 1 atom stereocenters. The molecule has 1 aromatic rings. The summed E-state index contributed by atoms with van der Waals surface area (Å²) < 4.78 is 5.28. The van der Waals surface area contributed by atoms with Crippen LogP contribution in [0.15, 0.2) is 18.2 Å². The monoisotopic (exact) mass is 236 g/mol. The van der Waals surface area contributed by atoms with Crippen LogP contribution in [0.2, 0.25) is 0 Å². The summed E-state index contributed by atoms with van der Waals surface area (Å²) in [5, 5.41) is 6.55. The highest BCUT2D eigenvalue weighted by molar-refractivity contribution is 5.37. The molecular weight excluding hydrogens is 212 g/mol. The van der Waals surface area contributed by atoms with Crippen molar-refractivity contribution in [1.82, 2.24) is 10.6 Å². The summed E-state index contributed by atoms with van der Waals surface area (Å²) in [7, 11) is 5.72. The van der Waals surface area contributed by atoms with Gasteiger partial charge in [0.1, 0.15) is 5.75 Å². The number of ether oxygens (including phenoxy) is 1. The number of nitrogens with one attached hydrogen (secondary N) is 2. The zero-order valence-corrected chi connectivity index (χ0v) is 11.3. The van der Waals surface area contributed by atoms with E-state index in [1.807, 2.05) is 20.2 Å². The van der Waals surface area contributed by atoms with Gasteiger partial charge >= 0.3 is 0 Å². The lowest BCUT2D eigenvalue weighted by Gasteiger charge is -2.18. The van der Waals surface area contributed by atoms with Gasteiger partial charge in [-0.2, -0.15) is 0 Å². The van der Waals surface area contributed by atoms with Crippen LogP contribution in [0.5, 0.6) is 5.75 Å². The maximum atomic E-state index is 5.28. The van der Waals surface area contributed by atoms with Gasteiger partial charge in [0.2, 0.25) is 0 Å². The van der Waals surface area contributed by atoms with Crippen LogP contribution >= 0.6 is 0 Å². The lowest BCUT2D eigenvalue weighted by atomic mass is 10.00. The molecule has 17 heavy (non-hydrogen) atoms. The van der Waals surface area contributed by atoms with Crippen LogP contribution in [0.1, 0.15) is 30.0 Å². The molecular formula is C14H24N2O. The van der Waals surface area contributed by atoms with E-state index < -0.39 is 0 Å². The number of rotatable bonds is 7. The molecule has 3 heteroatoms. The Hall–Kier alpha value is -1.06. The minimum atomic E-state index is 0.424. The van der Waals surface area contributed by atoms with Gasteiger partial charge in [-0.25, -0.2) is 0 Å². The Balaban J connectivity index is 2.71. The highest BCUT2D eigenvalue weighted by Gasteiger charge is 2.10. The molecule has 0 saturated heterocycles. The molecule has 0 heterocycles. The van der Waals surface area contributed by atoms with Gasteiger partial charge in [-0.1, -0.05) is 12.1 Å². The van der Waals surface area contributed by atoms with Gasteiger partial charge in [-0.3, -0.25) is 0 Å². The molecule has 0 aliphatic carbocycles. The molecule has 0 saturated carbocycles. The Morgan fingerprint density at radius 3 is 2.59 bits per heavy atom. The minimum absolute atomic E-state index is 0.424. The Kier molecular flexibility index (Phi) is 6.01. The average Bonchev–Trinajstić information content (AvgIpc) is 2.35. The Morgan fingerprint density at radius 2 is 2.06 bits per heavy atom. The quantitative estimate of drug-likeness (QED) is 0.713. The van der Waals surface area contributed by atoms with Crippen LogP contribution in [-0.2, 0) is 0 Å². The lowest BCUT2D eigenvalue weighted by molar-refractivity contribution is 0.411. The molecule has 96 valence electrons. The van der Waals surface area contributed by atoms with E-state index in [9.17, 15) is 0 Å². The predicted octanol–water partition coefficient (Wildman–Crippen LogP) is 2.26. The van der Waals surface area contributed by atoms with Gasteiger partial charge in [0.05, 0.1) is 7.11 Å². The predicted molar refractivity (Wildman–Crippen MR) is 72.7 cm³/mol. The second kappa shape index (κ2) is 7.30. The zero-order valence-electron chi connectivity index (χ0n) is 11.3. The summed E-state index contributed by atoms with van der Waals surface area (Å²) in [6, 6.07) is 6.83. The van der Waals surface area contributed by atoms with E-state index in [1.54, 1.807) is 7.11 Å². The van der Waals surface area contributed by atoms with Gasteiger partial charge in [-0.05, 0) is 57.6 Å². The maximum Gasteiger partial charge on any atom is 0.121 e. The first-order valence-corrected chi connectivity index (χ1v) is 6.19. The topological polar surface area (TPSA) is 33.3 Å². The molecule has 0 radical (unpaired) electrons. The third-order valence-electron chi connectivity index (χ3n) is 3.09. The fourth-order valence-electron chi connectivity index (χ4n) is 2.08. The highest BCUT2D eigenvalue weighted by Crippen LogP contribution is 2.24. The first-order valence-electron chi connectivity index (χ1n) is 6.19. The Morgan fingerprint density at radius 1 is 1.29 bits per heavy atom. The van der Waals surface area contributed by atoms with Crippen LogP contribution in [0.25, 0.3) is 0 Å². The van der Waals surface area contributed by atoms with Crippen molar-refractivity contribution in [2.45, 2.75) is 25.8 Å². The molecule has 3 nitrogen and oxygen atoms in total. The molecule has 0 aromatic heterocycles. The van der Waals surface area contributed by atoms with Crippen molar-refractivity contribution >= 4 is 0 Å². The first-order chi connectivity index (χ1) is 8.22. The third-order valence-corrected chi connectivity index (χ3v) is 3.09. The van der Waals surface area contributed by atoms with Gasteiger partial charge in [0.25, 0.3) is 0 Å². The molecule has 0 aliphatic heterocycles. The first kappa shape index (κ1) is 14.0. The Labute approximate surface area is 105 Å². The van der Waals surface area contributed by atoms with Gasteiger partial charge in [0.15, 0.2) is 0 Å². The number of aryl methyl sites for hydroxylation is 1. The van der Waals surface area contributed by atoms with Crippen molar-refractivity contribution in [2.75, 3.05) is 27.7 Å². The molecule has 1 aromatic carbocycles. The normalized spacial score (nSPS) is 12.5. The van der Waals surface area contributed by atoms with Gasteiger partial charge in [-0.15, -0.1) is 0 Å². The second-order valence-electron chi connectivity index (χ2n) is 4.32. The smallest absolute Gasteiger partial charge is 0.121 e. The van der Waals surface area contributed by atoms with Crippen LogP contribution in [0.4, 0.5) is 0 Å². The standard InChI is InChI=1S/C14H24N2O/c1-11-10-12(7-8-14(11)17-4)13(16-3)6-5-9-15-2/h7-8,10,13,15-16H,5-6,9H2,1-4H3. The van der Waals surface area contributed by atoms with Crippen LogP contribution in [-0.4, -0.2) is 27.7 Å². The van der Waals surface area contributed by atoms with E-state index >= 15 is 0 Å². The average molecular weight is 236 g/mol. The zero-order chi connectivity index (χ0) is 12.7. The molecule has 0 bridgehead atoms. The molecule has 2 N–H and O–H groups in total. The molecule has 1 unspecified atom stereocenters. The molecule has 0 aliphatic rings. The van der Waals surface area contributed by atoms with E-state index in [2.05, 4.69) is 29.7 Å². The summed E-state index contributed by atoms with van der Waals surface area (Å²) in [5.74, 6) is 0.957. The number of benzene rings is 1. The maximum absolute atomic E-state index is 5.28. The van der Waals surface area contributed by atoms with Crippen molar-refractivity contribution in [2.24, 2.45) is 0 Å². The number of hydrogen-bond acceptors (Lipinski definition) is 3. The highest BCUT2D eigenvalue weighted by atomic mass is 16.5. The lowest BCUT2D eigenvalue weighted by Crippen LogP contribution is -2.18. The van der Waals surface area contributed by atoms with E-state index in [-0.39, 0.29) is 0 Å². The molecule has 1 rings (SSSR count). The number of methoxy groups -OCH3 is 1. The molecule has 0 fully saturated rings. The SMILES string of the molecule is CNCCCC(NC)c1ccc(OC)c(C)c1. The summed E-state index contributed by atoms with van der Waals surface area (Å²) in [4.78, 5) is 0. The summed E-state index contributed by atoms with van der Waals surface area (Å²) >= 11 is 0. The van der Waals surface area contributed by atoms with Gasteiger partial charge < -0.3 is 15.4 Å². The van der Waals surface area contributed by atoms with E-state index in [1.165, 1.54) is 17.5 Å². The van der Waals surface area contributed by atoms with E-state index in [0.717, 1.165) is 18.7 Å². The van der Waals surface area contributed by atoms with E-state index in [4.69, 9.17) is 4.74 Å². The second-order valence-corrected chi connectivity index (χ2v) is 4.32. The fraction of sp³-hybridized carbons (Fsp3) is 0.571. The van der Waals surface area contributed by atoms with Crippen LogP contribution in [0.3, 0.4) is 0 Å². The van der Waals surface area contributed by atoms with Crippen molar-refractivity contribution < 1.29 is 4.74 Å². The van der Waals surface area contributed by atoms with Crippen LogP contribution in [0, 0.1) is 6.92 Å². The van der Waals surface area contributed by atoms with Gasteiger partial charge in [0, 0.05) is 6.04 Å². The summed E-state index contributed by atoms with van der Waals surface area (Å²) in [5.41, 5.74) is 2.53. The van der Waals surface area contributed by atoms with Crippen molar-refractivity contribution in [1.29, 1.82) is 0 Å². The summed E-state index contributed by atoms with van der Waals surface area (Å²) in [6.07, 6.45) is 2.32. The number of hydrogen-bond donors (Lipinski definition) is 2. The van der Waals surface area contributed by atoms with Crippen LogP contribution < -0.4 is 15.4 Å². The van der Waals surface area contributed by atoms with Crippen molar-refractivity contribution in [3.8, 4) is 5.75 Å². The van der Waals surface area contributed by atoms with Crippen molar-refractivity contribution in [3.63, 3.8) is 0 Å².